The molecule has 0 unspecified atom stereocenters. The predicted octanol–water partition coefficient (Wildman–Crippen LogP) is 25.8. The molecule has 0 aliphatic rings. The molecule has 458 valence electrons. The summed E-state index contributed by atoms with van der Waals surface area (Å²) in [6, 6.07) is 96.9. The number of benzene rings is 13. The van der Waals surface area contributed by atoms with Crippen molar-refractivity contribution in [2.24, 2.45) is 0 Å². The molecule has 4 aromatic heterocycles. The molecule has 13 aromatic carbocycles. The maximum absolute atomic E-state index is 2.67. The first-order valence-corrected chi connectivity index (χ1v) is 33.6. The molecule has 0 spiro atoms. The van der Waals surface area contributed by atoms with Gasteiger partial charge in [-0.15, -0.1) is 0 Å². The van der Waals surface area contributed by atoms with Crippen LogP contribution in [0.2, 0.25) is 0 Å². The number of rotatable bonds is 8. The van der Waals surface area contributed by atoms with Gasteiger partial charge in [0, 0.05) is 65.6 Å². The second-order valence-corrected chi connectivity index (χ2v) is 30.5. The van der Waals surface area contributed by atoms with E-state index in [0.29, 0.717) is 0 Å². The van der Waals surface area contributed by atoms with Crippen molar-refractivity contribution in [3.05, 3.63) is 277 Å². The molecule has 4 heteroatoms. The van der Waals surface area contributed by atoms with Gasteiger partial charge >= 0.3 is 0 Å². The molecule has 0 amide bonds. The van der Waals surface area contributed by atoms with E-state index in [9.17, 15) is 0 Å². The third-order valence-electron chi connectivity index (χ3n) is 20.5. The second-order valence-electron chi connectivity index (χ2n) is 30.5. The van der Waals surface area contributed by atoms with E-state index in [1.807, 2.05) is 0 Å². The summed E-state index contributed by atoms with van der Waals surface area (Å²) >= 11 is 0. The van der Waals surface area contributed by atoms with Gasteiger partial charge in [-0.1, -0.05) is 277 Å². The lowest BCUT2D eigenvalue weighted by molar-refractivity contribution is 0.590. The highest BCUT2D eigenvalue weighted by atomic mass is 15.2. The van der Waals surface area contributed by atoms with Crippen molar-refractivity contribution in [3.63, 3.8) is 0 Å². The van der Waals surface area contributed by atoms with Crippen LogP contribution in [0.5, 0.6) is 0 Å². The van der Waals surface area contributed by atoms with E-state index in [0.717, 1.165) is 34.1 Å². The molecular weight excluding hydrogens is 1140 g/mol. The number of hydrogen-bond donors (Lipinski definition) is 0. The van der Waals surface area contributed by atoms with Gasteiger partial charge in [0.2, 0.25) is 0 Å². The molecule has 4 nitrogen and oxygen atoms in total. The standard InChI is InChI=1S/C90H78N4/c1-87(2,3)57-31-23-33-59(51-57)91(75-45-19-17-37-65(75)63-39-21-29-55-27-13-15-35-61(55)63)77-49-47-67-71-53-80-72(54-79(71)93-83-69(81(77)85(67)93)41-25-43-73(83)89(7,8)9)68-48-50-78(82-70-42-26-44-74(90(10,11)12)84(70)94(80)86(68)82)92(60-34-24-32-58(52-60)88(4,5)6)76-46-20-18-38-66(76)64-40-22-30-56-28-14-16-36-62(56)64/h13-54H,1-12H3. The van der Waals surface area contributed by atoms with Crippen LogP contribution in [-0.2, 0) is 21.7 Å². The van der Waals surface area contributed by atoms with E-state index in [-0.39, 0.29) is 21.7 Å². The molecule has 0 fully saturated rings. The van der Waals surface area contributed by atoms with Gasteiger partial charge < -0.3 is 18.6 Å². The fourth-order valence-electron chi connectivity index (χ4n) is 16.0. The topological polar surface area (TPSA) is 15.3 Å². The minimum atomic E-state index is -0.179. The largest absolute Gasteiger partial charge is 0.309 e. The Balaban J connectivity index is 0.988. The molecule has 0 radical (unpaired) electrons. The molecule has 0 N–H and O–H groups in total. The van der Waals surface area contributed by atoms with Crippen molar-refractivity contribution in [1.82, 2.24) is 8.80 Å². The molecule has 0 saturated carbocycles. The first kappa shape index (κ1) is 57.5. The van der Waals surface area contributed by atoms with Gasteiger partial charge in [-0.25, -0.2) is 0 Å². The van der Waals surface area contributed by atoms with Crippen molar-refractivity contribution < 1.29 is 0 Å². The summed E-state index contributed by atoms with van der Waals surface area (Å²) in [5.74, 6) is 0. The fourth-order valence-corrected chi connectivity index (χ4v) is 16.0. The fraction of sp³-hybridized carbons (Fsp3) is 0.178. The highest BCUT2D eigenvalue weighted by Gasteiger charge is 2.33. The normalized spacial score (nSPS) is 12.9. The number of hydrogen-bond acceptors (Lipinski definition) is 2. The van der Waals surface area contributed by atoms with E-state index in [2.05, 4.69) is 356 Å². The van der Waals surface area contributed by atoms with E-state index in [4.69, 9.17) is 0 Å². The third kappa shape index (κ3) is 8.64. The number of nitrogens with zero attached hydrogens (tertiary/aromatic N) is 4. The average molecular weight is 1220 g/mol. The molecular formula is C90H78N4. The van der Waals surface area contributed by atoms with E-state index in [1.165, 1.54) is 142 Å². The van der Waals surface area contributed by atoms with E-state index >= 15 is 0 Å². The summed E-state index contributed by atoms with van der Waals surface area (Å²) in [4.78, 5) is 5.16. The molecule has 0 aliphatic carbocycles. The zero-order valence-electron chi connectivity index (χ0n) is 56.0. The summed E-state index contributed by atoms with van der Waals surface area (Å²) in [5, 5.41) is 14.9. The van der Waals surface area contributed by atoms with Gasteiger partial charge in [0.1, 0.15) is 0 Å². The van der Waals surface area contributed by atoms with Crippen LogP contribution in [-0.4, -0.2) is 8.80 Å². The Labute approximate surface area is 551 Å². The lowest BCUT2D eigenvalue weighted by Gasteiger charge is -2.30. The van der Waals surface area contributed by atoms with Crippen molar-refractivity contribution in [2.45, 2.75) is 105 Å². The molecule has 94 heavy (non-hydrogen) atoms. The summed E-state index contributed by atoms with van der Waals surface area (Å²) < 4.78 is 5.35. The highest BCUT2D eigenvalue weighted by molar-refractivity contribution is 6.33. The van der Waals surface area contributed by atoms with Crippen molar-refractivity contribution in [1.29, 1.82) is 0 Å². The monoisotopic (exact) mass is 1210 g/mol. The lowest BCUT2D eigenvalue weighted by Crippen LogP contribution is -2.15. The maximum atomic E-state index is 2.67. The van der Waals surface area contributed by atoms with Crippen LogP contribution >= 0.6 is 0 Å². The van der Waals surface area contributed by atoms with Gasteiger partial charge in [0.05, 0.1) is 55.8 Å². The van der Waals surface area contributed by atoms with E-state index in [1.54, 1.807) is 0 Å². The Morgan fingerprint density at radius 1 is 0.245 bits per heavy atom. The van der Waals surface area contributed by atoms with Crippen LogP contribution in [0.4, 0.5) is 34.1 Å². The van der Waals surface area contributed by atoms with Crippen LogP contribution in [0.1, 0.15) is 105 Å². The summed E-state index contributed by atoms with van der Waals surface area (Å²) in [7, 11) is 0. The van der Waals surface area contributed by atoms with Crippen molar-refractivity contribution in [2.75, 3.05) is 9.80 Å². The van der Waals surface area contributed by atoms with Crippen LogP contribution in [0, 0.1) is 0 Å². The maximum Gasteiger partial charge on any atom is 0.0641 e. The number of fused-ring (bicyclic) bond motifs is 14. The summed E-state index contributed by atoms with van der Waals surface area (Å²) in [5.41, 5.74) is 23.8. The van der Waals surface area contributed by atoms with Gasteiger partial charge in [-0.3, -0.25) is 0 Å². The van der Waals surface area contributed by atoms with Crippen LogP contribution in [0.25, 0.3) is 120 Å². The molecule has 0 bridgehead atoms. The SMILES string of the molecule is CC(C)(C)c1cccc(N(c2ccccc2-c2cccc3ccccc23)c2ccc3c4cc5c(cc4n4c6c(C(C)(C)C)cccc6c2c34)c2ccc(N(c3cccc(C(C)(C)C)c3)c3ccccc3-c3cccc4ccccc34)c3c4cccc(C(C)(C)C)c4n5c23)c1. The Morgan fingerprint density at radius 2 is 0.596 bits per heavy atom. The molecule has 0 saturated heterocycles. The number of anilines is 6. The quantitative estimate of drug-likeness (QED) is 0.151. The van der Waals surface area contributed by atoms with Gasteiger partial charge in [0.25, 0.3) is 0 Å². The minimum absolute atomic E-state index is 0.0794. The van der Waals surface area contributed by atoms with Crippen molar-refractivity contribution in [3.8, 4) is 22.3 Å². The van der Waals surface area contributed by atoms with Gasteiger partial charge in [-0.2, -0.15) is 0 Å². The Kier molecular flexibility index (Phi) is 12.6. The van der Waals surface area contributed by atoms with Crippen LogP contribution in [0.15, 0.2) is 255 Å². The zero-order valence-corrected chi connectivity index (χ0v) is 56.0. The van der Waals surface area contributed by atoms with Crippen molar-refractivity contribution >= 4 is 132 Å². The van der Waals surface area contributed by atoms with E-state index < -0.39 is 0 Å². The highest BCUT2D eigenvalue weighted by Crippen LogP contribution is 2.55. The Morgan fingerprint density at radius 3 is 1.01 bits per heavy atom. The van der Waals surface area contributed by atoms with Gasteiger partial charge in [0.15, 0.2) is 0 Å². The van der Waals surface area contributed by atoms with Crippen LogP contribution < -0.4 is 9.80 Å². The number of aromatic nitrogens is 2. The summed E-state index contributed by atoms with van der Waals surface area (Å²) in [6.07, 6.45) is 0. The van der Waals surface area contributed by atoms with Crippen LogP contribution in [0.3, 0.4) is 0 Å². The first-order valence-electron chi connectivity index (χ1n) is 33.6. The third-order valence-corrected chi connectivity index (χ3v) is 20.5. The average Bonchev–Trinajstić information content (AvgIpc) is 1.51. The van der Waals surface area contributed by atoms with Gasteiger partial charge in [-0.05, 0) is 137 Å². The lowest BCUT2D eigenvalue weighted by atomic mass is 9.85. The molecule has 4 heterocycles. The number of para-hydroxylation sites is 4. The predicted molar refractivity (Wildman–Crippen MR) is 406 cm³/mol. The first-order chi connectivity index (χ1) is 45.2. The molecule has 17 rings (SSSR count). The zero-order chi connectivity index (χ0) is 64.5. The minimum Gasteiger partial charge on any atom is -0.309 e. The second kappa shape index (κ2) is 20.5. The summed E-state index contributed by atoms with van der Waals surface area (Å²) in [6.45, 7) is 28.2. The Bertz CT molecular complexity index is 5540. The molecule has 0 atom stereocenters. The molecule has 0 aliphatic heterocycles. The molecule has 17 aromatic rings. The Hall–Kier alpha value is -10.4. The smallest absolute Gasteiger partial charge is 0.0641 e.